The molecule has 45 heavy (non-hydrogen) atoms. The van der Waals surface area contributed by atoms with Crippen LogP contribution in [-0.4, -0.2) is 92.7 Å². The molecule has 5 rings (SSSR count). The minimum atomic E-state index is -2.89. The number of carbonyl (C=O) groups is 2. The Hall–Kier alpha value is -3.23. The van der Waals surface area contributed by atoms with Gasteiger partial charge in [-0.2, -0.15) is 13.2 Å². The summed E-state index contributed by atoms with van der Waals surface area (Å²) in [6.45, 7) is 4.11. The van der Waals surface area contributed by atoms with Gasteiger partial charge in [0.05, 0.1) is 23.3 Å². The highest BCUT2D eigenvalue weighted by atomic mass is 32.2. The van der Waals surface area contributed by atoms with Gasteiger partial charge in [0.1, 0.15) is 18.6 Å². The number of anilines is 1. The molecule has 10 nitrogen and oxygen atoms in total. The number of fused-ring (bicyclic) bond motifs is 1. The Morgan fingerprint density at radius 3 is 2.49 bits per heavy atom. The summed E-state index contributed by atoms with van der Waals surface area (Å²) < 4.78 is 47.6. The lowest BCUT2D eigenvalue weighted by Gasteiger charge is -2.33. The van der Waals surface area contributed by atoms with Crippen molar-refractivity contribution in [3.8, 4) is 5.75 Å². The van der Waals surface area contributed by atoms with Gasteiger partial charge in [0.15, 0.2) is 5.75 Å². The average molecular weight is 648 g/mol. The van der Waals surface area contributed by atoms with Gasteiger partial charge in [0.2, 0.25) is 11.9 Å². The monoisotopic (exact) mass is 647 g/mol. The van der Waals surface area contributed by atoms with E-state index in [1.54, 1.807) is 0 Å². The zero-order valence-electron chi connectivity index (χ0n) is 25.4. The van der Waals surface area contributed by atoms with E-state index in [4.69, 9.17) is 0 Å². The number of carbonyl (C=O) groups excluding carboxylic acids is 2. The molecule has 2 fully saturated rings. The first-order valence-corrected chi connectivity index (χ1v) is 16.5. The summed E-state index contributed by atoms with van der Waals surface area (Å²) in [5.74, 6) is 1.19. The van der Waals surface area contributed by atoms with Crippen molar-refractivity contribution in [2.24, 2.45) is 0 Å². The fourth-order valence-electron chi connectivity index (χ4n) is 6.26. The van der Waals surface area contributed by atoms with Crippen molar-refractivity contribution < 1.29 is 27.5 Å². The van der Waals surface area contributed by atoms with Gasteiger partial charge in [0, 0.05) is 31.3 Å². The SMILES string of the molecule is Cc1cc2c(cc1C1CCN(CCCSN3CCC(Nc4ncc(OC(F)F)cn4)CC3)CC1)c(F)nn2C(C=O)CCC=O. The lowest BCUT2D eigenvalue weighted by Crippen LogP contribution is -2.36. The maximum absolute atomic E-state index is 14.9. The zero-order valence-corrected chi connectivity index (χ0v) is 26.2. The van der Waals surface area contributed by atoms with Crippen molar-refractivity contribution in [3.05, 3.63) is 41.6 Å². The number of halogens is 3. The first kappa shape index (κ1) is 33.1. The second kappa shape index (κ2) is 15.9. The maximum atomic E-state index is 14.9. The molecule has 0 bridgehead atoms. The molecule has 0 radical (unpaired) electrons. The third kappa shape index (κ3) is 8.73. The van der Waals surface area contributed by atoms with Gasteiger partial charge in [-0.15, -0.1) is 5.10 Å². The van der Waals surface area contributed by atoms with Crippen molar-refractivity contribution >= 4 is 41.4 Å². The third-order valence-electron chi connectivity index (χ3n) is 8.66. The number of benzene rings is 1. The van der Waals surface area contributed by atoms with E-state index in [1.807, 2.05) is 31.0 Å². The molecule has 2 aromatic heterocycles. The number of alkyl halides is 2. The summed E-state index contributed by atoms with van der Waals surface area (Å²) in [5.41, 5.74) is 2.81. The summed E-state index contributed by atoms with van der Waals surface area (Å²) in [6, 6.07) is 3.42. The van der Waals surface area contributed by atoms with Crippen LogP contribution in [0, 0.1) is 12.9 Å². The van der Waals surface area contributed by atoms with E-state index in [2.05, 4.69) is 34.3 Å². The number of piperidine rings is 2. The molecule has 2 saturated heterocycles. The lowest BCUT2D eigenvalue weighted by molar-refractivity contribution is -0.111. The van der Waals surface area contributed by atoms with Crippen LogP contribution >= 0.6 is 11.9 Å². The van der Waals surface area contributed by atoms with E-state index in [0.29, 0.717) is 29.2 Å². The van der Waals surface area contributed by atoms with Crippen molar-refractivity contribution in [1.29, 1.82) is 0 Å². The van der Waals surface area contributed by atoms with Gasteiger partial charge in [-0.05, 0) is 94.3 Å². The van der Waals surface area contributed by atoms with Gasteiger partial charge in [0.25, 0.3) is 0 Å². The fourth-order valence-corrected chi connectivity index (χ4v) is 7.25. The highest BCUT2D eigenvalue weighted by Gasteiger charge is 2.25. The van der Waals surface area contributed by atoms with Crippen LogP contribution in [0.4, 0.5) is 19.1 Å². The molecule has 0 amide bonds. The summed E-state index contributed by atoms with van der Waals surface area (Å²) in [5, 5.41) is 7.73. The molecule has 0 aliphatic carbocycles. The quantitative estimate of drug-likeness (QED) is 0.131. The average Bonchev–Trinajstić information content (AvgIpc) is 3.35. The van der Waals surface area contributed by atoms with Crippen molar-refractivity contribution in [2.75, 3.05) is 43.8 Å². The highest BCUT2D eigenvalue weighted by molar-refractivity contribution is 7.97. The number of rotatable bonds is 15. The van der Waals surface area contributed by atoms with E-state index < -0.39 is 18.6 Å². The molecule has 2 aliphatic rings. The third-order valence-corrected chi connectivity index (χ3v) is 9.86. The maximum Gasteiger partial charge on any atom is 0.387 e. The van der Waals surface area contributed by atoms with Gasteiger partial charge < -0.3 is 24.5 Å². The first-order chi connectivity index (χ1) is 21.8. The Bertz CT molecular complexity index is 1410. The van der Waals surface area contributed by atoms with Gasteiger partial charge in [-0.1, -0.05) is 11.9 Å². The normalized spacial score (nSPS) is 18.0. The Labute approximate surface area is 265 Å². The van der Waals surface area contributed by atoms with E-state index in [0.717, 1.165) is 94.3 Å². The van der Waals surface area contributed by atoms with Crippen LogP contribution in [-0.2, 0) is 9.59 Å². The predicted molar refractivity (Wildman–Crippen MR) is 167 cm³/mol. The molecule has 0 saturated carbocycles. The van der Waals surface area contributed by atoms with Gasteiger partial charge in [-0.3, -0.25) is 8.99 Å². The molecule has 1 atom stereocenters. The molecular formula is C31H40F3N7O3S. The Morgan fingerprint density at radius 2 is 1.82 bits per heavy atom. The molecular weight excluding hydrogens is 607 g/mol. The Morgan fingerprint density at radius 1 is 1.09 bits per heavy atom. The minimum Gasteiger partial charge on any atom is -0.432 e. The number of aryl methyl sites for hydroxylation is 1. The molecule has 2 aliphatic heterocycles. The van der Waals surface area contributed by atoms with E-state index in [1.165, 1.54) is 17.1 Å². The minimum absolute atomic E-state index is 0.0562. The van der Waals surface area contributed by atoms with E-state index in [9.17, 15) is 22.8 Å². The summed E-state index contributed by atoms with van der Waals surface area (Å²) >= 11 is 1.89. The molecule has 0 spiro atoms. The molecule has 1 aromatic carbocycles. The lowest BCUT2D eigenvalue weighted by atomic mass is 9.86. The number of likely N-dealkylation sites (tertiary alicyclic amines) is 1. The second-order valence-electron chi connectivity index (χ2n) is 11.7. The topological polar surface area (TPSA) is 105 Å². The fraction of sp³-hybridized carbons (Fsp3) is 0.581. The van der Waals surface area contributed by atoms with E-state index >= 15 is 0 Å². The van der Waals surface area contributed by atoms with Crippen molar-refractivity contribution in [1.82, 2.24) is 29.0 Å². The molecule has 4 heterocycles. The molecule has 14 heteroatoms. The number of hydrogen-bond donors (Lipinski definition) is 1. The molecule has 244 valence electrons. The number of nitrogens with one attached hydrogen (secondary N) is 1. The molecule has 1 N–H and O–H groups in total. The predicted octanol–water partition coefficient (Wildman–Crippen LogP) is 5.39. The standard InChI is InChI=1S/C31H40F3N7O3S/c1-21-16-28-27(29(32)38-41(28)24(20-43)4-2-14-42)17-26(21)22-5-10-39(11-6-22)9-3-15-45-40-12-7-23(8-13-40)37-31-35-18-25(19-36-31)44-30(33)34/h14,16-20,22-24,30H,2-13,15H2,1H3,(H,35,36,37). The largest absolute Gasteiger partial charge is 0.432 e. The van der Waals surface area contributed by atoms with Gasteiger partial charge in [-0.25, -0.2) is 9.97 Å². The van der Waals surface area contributed by atoms with Crippen molar-refractivity contribution in [2.45, 2.75) is 76.5 Å². The molecule has 1 unspecified atom stereocenters. The zero-order chi connectivity index (χ0) is 31.8. The van der Waals surface area contributed by atoms with Crippen LogP contribution in [0.15, 0.2) is 24.5 Å². The summed E-state index contributed by atoms with van der Waals surface area (Å²) in [4.78, 5) is 33.1. The summed E-state index contributed by atoms with van der Waals surface area (Å²) in [6.07, 6.45) is 9.54. The number of aldehydes is 2. The highest BCUT2D eigenvalue weighted by Crippen LogP contribution is 2.34. The van der Waals surface area contributed by atoms with E-state index in [-0.39, 0.29) is 18.2 Å². The Balaban J connectivity index is 1.02. The molecule has 3 aromatic rings. The van der Waals surface area contributed by atoms with Crippen LogP contribution in [0.25, 0.3) is 10.9 Å². The first-order valence-electron chi connectivity index (χ1n) is 15.6. The van der Waals surface area contributed by atoms with Crippen LogP contribution in [0.5, 0.6) is 5.75 Å². The van der Waals surface area contributed by atoms with Crippen LogP contribution in [0.2, 0.25) is 0 Å². The Kier molecular flexibility index (Phi) is 11.7. The van der Waals surface area contributed by atoms with Crippen LogP contribution in [0.3, 0.4) is 0 Å². The number of hydrogen-bond acceptors (Lipinski definition) is 10. The van der Waals surface area contributed by atoms with Gasteiger partial charge >= 0.3 is 6.61 Å². The van der Waals surface area contributed by atoms with Crippen LogP contribution < -0.4 is 10.1 Å². The van der Waals surface area contributed by atoms with Crippen LogP contribution in [0.1, 0.15) is 68.0 Å². The summed E-state index contributed by atoms with van der Waals surface area (Å²) in [7, 11) is 0. The van der Waals surface area contributed by atoms with Crippen molar-refractivity contribution in [3.63, 3.8) is 0 Å². The number of nitrogens with zero attached hydrogens (tertiary/aromatic N) is 6. The number of ether oxygens (including phenoxy) is 1. The smallest absolute Gasteiger partial charge is 0.387 e. The number of aromatic nitrogens is 4. The second-order valence-corrected chi connectivity index (χ2v) is 12.9.